The fourth-order valence-electron chi connectivity index (χ4n) is 2.46. The molecular formula is C14H11N3O3. The van der Waals surface area contributed by atoms with Crippen molar-refractivity contribution in [2.45, 2.75) is 13.1 Å². The lowest BCUT2D eigenvalue weighted by atomic mass is 10.2. The standard InChI is InChI=1S/C14H11N3O3/c18-14(9-1-2-12-13(3-9)20-8-19-12)17-5-10-4-15-7-16-11(10)6-17/h1-4,7H,5-6,8H2. The Bertz CT molecular complexity index is 677. The van der Waals surface area contributed by atoms with E-state index in [9.17, 15) is 4.79 Å². The summed E-state index contributed by atoms with van der Waals surface area (Å²) < 4.78 is 10.5. The molecule has 100 valence electrons. The highest BCUT2D eigenvalue weighted by atomic mass is 16.7. The van der Waals surface area contributed by atoms with Crippen LogP contribution in [0, 0.1) is 0 Å². The molecule has 0 atom stereocenters. The van der Waals surface area contributed by atoms with Crippen LogP contribution in [0.4, 0.5) is 0 Å². The number of hydrogen-bond acceptors (Lipinski definition) is 5. The van der Waals surface area contributed by atoms with Crippen molar-refractivity contribution < 1.29 is 14.3 Å². The van der Waals surface area contributed by atoms with Gasteiger partial charge in [0.25, 0.3) is 5.91 Å². The lowest BCUT2D eigenvalue weighted by molar-refractivity contribution is 0.0750. The van der Waals surface area contributed by atoms with Crippen LogP contribution in [0.15, 0.2) is 30.7 Å². The van der Waals surface area contributed by atoms with E-state index in [1.807, 2.05) is 0 Å². The van der Waals surface area contributed by atoms with E-state index in [1.165, 1.54) is 6.33 Å². The Morgan fingerprint density at radius 1 is 1.20 bits per heavy atom. The number of amides is 1. The average Bonchev–Trinajstić information content (AvgIpc) is 3.11. The summed E-state index contributed by atoms with van der Waals surface area (Å²) in [6.07, 6.45) is 3.27. The van der Waals surface area contributed by atoms with Gasteiger partial charge in [0, 0.05) is 23.9 Å². The zero-order valence-electron chi connectivity index (χ0n) is 10.6. The molecule has 0 N–H and O–H groups in total. The van der Waals surface area contributed by atoms with Crippen molar-refractivity contribution in [1.29, 1.82) is 0 Å². The molecule has 0 radical (unpaired) electrons. The van der Waals surface area contributed by atoms with Crippen LogP contribution in [0.25, 0.3) is 0 Å². The second kappa shape index (κ2) is 4.19. The third-order valence-corrected chi connectivity index (χ3v) is 3.49. The highest BCUT2D eigenvalue weighted by molar-refractivity contribution is 5.95. The van der Waals surface area contributed by atoms with Crippen LogP contribution >= 0.6 is 0 Å². The minimum Gasteiger partial charge on any atom is -0.454 e. The van der Waals surface area contributed by atoms with Crippen molar-refractivity contribution in [2.75, 3.05) is 6.79 Å². The molecule has 6 heteroatoms. The van der Waals surface area contributed by atoms with Gasteiger partial charge in [0.05, 0.1) is 12.2 Å². The second-order valence-electron chi connectivity index (χ2n) is 4.72. The molecule has 2 aromatic rings. The minimum absolute atomic E-state index is 0.0405. The smallest absolute Gasteiger partial charge is 0.254 e. The van der Waals surface area contributed by atoms with Gasteiger partial charge in [0.15, 0.2) is 11.5 Å². The summed E-state index contributed by atoms with van der Waals surface area (Å²) in [6.45, 7) is 1.27. The molecule has 0 spiro atoms. The highest BCUT2D eigenvalue weighted by Crippen LogP contribution is 2.33. The fourth-order valence-corrected chi connectivity index (χ4v) is 2.46. The van der Waals surface area contributed by atoms with E-state index in [1.54, 1.807) is 29.3 Å². The number of benzene rings is 1. The Hall–Kier alpha value is -2.63. The van der Waals surface area contributed by atoms with Crippen LogP contribution in [0.3, 0.4) is 0 Å². The number of aromatic nitrogens is 2. The molecule has 4 rings (SSSR count). The lowest BCUT2D eigenvalue weighted by Gasteiger charge is -2.15. The van der Waals surface area contributed by atoms with Crippen LogP contribution < -0.4 is 9.47 Å². The Morgan fingerprint density at radius 2 is 2.10 bits per heavy atom. The normalized spacial score (nSPS) is 15.3. The monoisotopic (exact) mass is 269 g/mol. The van der Waals surface area contributed by atoms with Gasteiger partial charge in [-0.1, -0.05) is 0 Å². The fraction of sp³-hybridized carbons (Fsp3) is 0.214. The van der Waals surface area contributed by atoms with Crippen molar-refractivity contribution in [3.05, 3.63) is 47.5 Å². The van der Waals surface area contributed by atoms with Crippen molar-refractivity contribution >= 4 is 5.91 Å². The van der Waals surface area contributed by atoms with Crippen LogP contribution in [-0.2, 0) is 13.1 Å². The summed E-state index contributed by atoms with van der Waals surface area (Å²) >= 11 is 0. The van der Waals surface area contributed by atoms with E-state index in [-0.39, 0.29) is 12.7 Å². The molecule has 0 aliphatic carbocycles. The van der Waals surface area contributed by atoms with Gasteiger partial charge in [0.2, 0.25) is 6.79 Å². The Balaban J connectivity index is 1.60. The SMILES string of the molecule is O=C(c1ccc2c(c1)OCO2)N1Cc2cncnc2C1. The number of carbonyl (C=O) groups is 1. The van der Waals surface area contributed by atoms with Crippen molar-refractivity contribution in [3.8, 4) is 11.5 Å². The van der Waals surface area contributed by atoms with Gasteiger partial charge in [-0.25, -0.2) is 9.97 Å². The lowest BCUT2D eigenvalue weighted by Crippen LogP contribution is -2.25. The number of fused-ring (bicyclic) bond motifs is 2. The van der Waals surface area contributed by atoms with Crippen LogP contribution in [0.5, 0.6) is 11.5 Å². The zero-order valence-corrected chi connectivity index (χ0v) is 10.6. The summed E-state index contributed by atoms with van der Waals surface area (Å²) in [4.78, 5) is 22.4. The molecule has 0 unspecified atom stereocenters. The number of carbonyl (C=O) groups excluding carboxylic acids is 1. The average molecular weight is 269 g/mol. The van der Waals surface area contributed by atoms with E-state index in [4.69, 9.17) is 9.47 Å². The van der Waals surface area contributed by atoms with Gasteiger partial charge in [-0.15, -0.1) is 0 Å². The van der Waals surface area contributed by atoms with E-state index in [0.29, 0.717) is 30.2 Å². The van der Waals surface area contributed by atoms with Gasteiger partial charge in [-0.2, -0.15) is 0 Å². The zero-order chi connectivity index (χ0) is 13.5. The predicted octanol–water partition coefficient (Wildman–Crippen LogP) is 1.36. The maximum Gasteiger partial charge on any atom is 0.254 e. The maximum atomic E-state index is 12.5. The maximum absolute atomic E-state index is 12.5. The first kappa shape index (κ1) is 11.2. The minimum atomic E-state index is -0.0405. The quantitative estimate of drug-likeness (QED) is 0.782. The second-order valence-corrected chi connectivity index (χ2v) is 4.72. The molecule has 1 amide bonds. The predicted molar refractivity (Wildman–Crippen MR) is 68.2 cm³/mol. The topological polar surface area (TPSA) is 64.6 Å². The molecule has 3 heterocycles. The number of hydrogen-bond donors (Lipinski definition) is 0. The molecule has 2 aliphatic rings. The van der Waals surface area contributed by atoms with E-state index >= 15 is 0 Å². The molecule has 6 nitrogen and oxygen atoms in total. The molecule has 1 aromatic carbocycles. The summed E-state index contributed by atoms with van der Waals surface area (Å²) in [5.74, 6) is 1.26. The highest BCUT2D eigenvalue weighted by Gasteiger charge is 2.26. The van der Waals surface area contributed by atoms with Crippen LogP contribution in [0.1, 0.15) is 21.6 Å². The third kappa shape index (κ3) is 1.69. The molecule has 1 aromatic heterocycles. The molecule has 0 saturated carbocycles. The number of ether oxygens (including phenoxy) is 2. The summed E-state index contributed by atoms with van der Waals surface area (Å²) in [5.41, 5.74) is 2.51. The molecular weight excluding hydrogens is 258 g/mol. The van der Waals surface area contributed by atoms with Gasteiger partial charge >= 0.3 is 0 Å². The summed E-state index contributed by atoms with van der Waals surface area (Å²) in [5, 5.41) is 0. The third-order valence-electron chi connectivity index (χ3n) is 3.49. The molecule has 20 heavy (non-hydrogen) atoms. The molecule has 0 fully saturated rings. The number of nitrogens with zero attached hydrogens (tertiary/aromatic N) is 3. The Morgan fingerprint density at radius 3 is 3.00 bits per heavy atom. The van der Waals surface area contributed by atoms with Gasteiger partial charge in [-0.3, -0.25) is 4.79 Å². The van der Waals surface area contributed by atoms with Crippen LogP contribution in [0.2, 0.25) is 0 Å². The molecule has 0 saturated heterocycles. The molecule has 0 bridgehead atoms. The van der Waals surface area contributed by atoms with E-state index in [2.05, 4.69) is 9.97 Å². The van der Waals surface area contributed by atoms with Crippen molar-refractivity contribution in [2.24, 2.45) is 0 Å². The largest absolute Gasteiger partial charge is 0.454 e. The Kier molecular flexibility index (Phi) is 2.35. The molecule has 2 aliphatic heterocycles. The Labute approximate surface area is 115 Å². The van der Waals surface area contributed by atoms with Gasteiger partial charge < -0.3 is 14.4 Å². The first-order valence-electron chi connectivity index (χ1n) is 6.28. The summed E-state index contributed by atoms with van der Waals surface area (Å²) in [7, 11) is 0. The first-order valence-corrected chi connectivity index (χ1v) is 6.28. The first-order chi connectivity index (χ1) is 9.81. The van der Waals surface area contributed by atoms with Crippen molar-refractivity contribution in [3.63, 3.8) is 0 Å². The van der Waals surface area contributed by atoms with Gasteiger partial charge in [-0.05, 0) is 18.2 Å². The summed E-state index contributed by atoms with van der Waals surface area (Å²) in [6, 6.07) is 5.24. The van der Waals surface area contributed by atoms with Gasteiger partial charge in [0.1, 0.15) is 6.33 Å². The van der Waals surface area contributed by atoms with E-state index < -0.39 is 0 Å². The van der Waals surface area contributed by atoms with Crippen LogP contribution in [-0.4, -0.2) is 27.6 Å². The number of rotatable bonds is 1. The van der Waals surface area contributed by atoms with Crippen molar-refractivity contribution in [1.82, 2.24) is 14.9 Å². The van der Waals surface area contributed by atoms with E-state index in [0.717, 1.165) is 11.3 Å².